The Morgan fingerprint density at radius 3 is 2.85 bits per heavy atom. The molecule has 0 saturated heterocycles. The quantitative estimate of drug-likeness (QED) is 0.722. The summed E-state index contributed by atoms with van der Waals surface area (Å²) in [6.07, 6.45) is 5.37. The average Bonchev–Trinajstić information content (AvgIpc) is 3.06. The number of amides is 1. The normalized spacial score (nSPS) is 21.1. The molecule has 0 unspecified atom stereocenters. The molecule has 1 fully saturated rings. The number of pyridine rings is 1. The molecule has 26 heavy (non-hydrogen) atoms. The first-order valence-corrected chi connectivity index (χ1v) is 8.63. The van der Waals surface area contributed by atoms with Crippen LogP contribution < -0.4 is 0 Å². The van der Waals surface area contributed by atoms with Crippen LogP contribution in [0.1, 0.15) is 34.0 Å². The third-order valence-electron chi connectivity index (χ3n) is 5.21. The van der Waals surface area contributed by atoms with Crippen molar-refractivity contribution < 1.29 is 13.6 Å². The molecule has 1 aliphatic heterocycles. The molecule has 1 aromatic carbocycles. The summed E-state index contributed by atoms with van der Waals surface area (Å²) < 4.78 is 18.4. The Bertz CT molecular complexity index is 969. The summed E-state index contributed by atoms with van der Waals surface area (Å²) in [6.45, 7) is 1.25. The second-order valence-corrected chi connectivity index (χ2v) is 6.86. The van der Waals surface area contributed by atoms with Crippen LogP contribution in [-0.4, -0.2) is 27.3 Å². The molecule has 2 aliphatic rings. The second-order valence-electron chi connectivity index (χ2n) is 6.86. The number of fused-ring (bicyclic) bond motifs is 1. The highest BCUT2D eigenvalue weighted by atomic mass is 19.1. The van der Waals surface area contributed by atoms with Gasteiger partial charge in [0.05, 0.1) is 12.4 Å². The number of hydrogen-bond donors (Lipinski definition) is 0. The number of aromatic nitrogens is 2. The van der Waals surface area contributed by atoms with Crippen LogP contribution in [0.2, 0.25) is 0 Å². The van der Waals surface area contributed by atoms with Crippen molar-refractivity contribution in [2.75, 3.05) is 6.54 Å². The number of carbonyl (C=O) groups is 1. The van der Waals surface area contributed by atoms with E-state index < -0.39 is 0 Å². The third-order valence-corrected chi connectivity index (χ3v) is 5.21. The van der Waals surface area contributed by atoms with Gasteiger partial charge in [-0.3, -0.25) is 9.78 Å². The lowest BCUT2D eigenvalue weighted by molar-refractivity contribution is 0.0770. The zero-order chi connectivity index (χ0) is 17.7. The minimum Gasteiger partial charge on any atom is -0.445 e. The van der Waals surface area contributed by atoms with Crippen molar-refractivity contribution in [1.29, 1.82) is 0 Å². The average molecular weight is 349 g/mol. The lowest BCUT2D eigenvalue weighted by atomic mass is 10.0. The third kappa shape index (κ3) is 2.49. The van der Waals surface area contributed by atoms with Gasteiger partial charge in [0.1, 0.15) is 12.1 Å². The monoisotopic (exact) mass is 349 g/mol. The maximum atomic E-state index is 13.0. The fourth-order valence-electron chi connectivity index (χ4n) is 3.80. The number of hydrogen-bond acceptors (Lipinski definition) is 4. The smallest absolute Gasteiger partial charge is 0.254 e. The van der Waals surface area contributed by atoms with Crippen molar-refractivity contribution >= 4 is 5.91 Å². The molecule has 2 atom stereocenters. The van der Waals surface area contributed by atoms with Crippen molar-refractivity contribution in [2.45, 2.75) is 18.9 Å². The van der Waals surface area contributed by atoms with Gasteiger partial charge in [-0.2, -0.15) is 0 Å². The van der Waals surface area contributed by atoms with Crippen LogP contribution >= 0.6 is 0 Å². The highest BCUT2D eigenvalue weighted by Gasteiger charge is 2.43. The summed E-state index contributed by atoms with van der Waals surface area (Å²) >= 11 is 0. The van der Waals surface area contributed by atoms with E-state index in [9.17, 15) is 9.18 Å². The van der Waals surface area contributed by atoms with Crippen LogP contribution in [0.25, 0.3) is 11.5 Å². The lowest BCUT2D eigenvalue weighted by Crippen LogP contribution is -2.26. The zero-order valence-electron chi connectivity index (χ0n) is 13.9. The van der Waals surface area contributed by atoms with Crippen LogP contribution in [-0.2, 0) is 6.54 Å². The van der Waals surface area contributed by atoms with Crippen molar-refractivity contribution in [2.24, 2.45) is 5.92 Å². The van der Waals surface area contributed by atoms with E-state index in [-0.39, 0.29) is 11.7 Å². The first-order chi connectivity index (χ1) is 12.7. The highest BCUT2D eigenvalue weighted by Crippen LogP contribution is 2.48. The molecule has 3 aromatic rings. The van der Waals surface area contributed by atoms with Gasteiger partial charge in [-0.05, 0) is 42.2 Å². The molecule has 1 amide bonds. The van der Waals surface area contributed by atoms with Gasteiger partial charge in [0, 0.05) is 35.8 Å². The standard InChI is InChI=1S/C20H16FN3O2/c21-13-4-5-18(23-9-13)16-8-12(16)10-24-11-17-14(19-22-6-7-26-19)2-1-3-15(17)20(24)25/h1-7,9,12,16H,8,10-11H2/t12-,16+/m1/s1. The number of nitrogens with zero attached hydrogens (tertiary/aromatic N) is 3. The molecule has 1 saturated carbocycles. The van der Waals surface area contributed by atoms with Gasteiger partial charge in [0.15, 0.2) is 0 Å². The first-order valence-electron chi connectivity index (χ1n) is 8.63. The summed E-state index contributed by atoms with van der Waals surface area (Å²) in [6, 6.07) is 8.83. The van der Waals surface area contributed by atoms with Gasteiger partial charge in [0.2, 0.25) is 5.89 Å². The molecule has 5 nitrogen and oxygen atoms in total. The van der Waals surface area contributed by atoms with E-state index in [1.54, 1.807) is 12.3 Å². The van der Waals surface area contributed by atoms with Crippen LogP contribution in [0.5, 0.6) is 0 Å². The SMILES string of the molecule is O=C1c2cccc(-c3ncco3)c2CN1C[C@H]1C[C@@H]1c1ccc(F)cn1. The molecule has 0 spiro atoms. The first kappa shape index (κ1) is 15.3. The minimum atomic E-state index is -0.324. The Morgan fingerprint density at radius 2 is 2.08 bits per heavy atom. The van der Waals surface area contributed by atoms with Crippen molar-refractivity contribution in [3.8, 4) is 11.5 Å². The summed E-state index contributed by atoms with van der Waals surface area (Å²) in [5.74, 6) is 0.937. The maximum absolute atomic E-state index is 13.0. The van der Waals surface area contributed by atoms with E-state index in [0.717, 1.165) is 28.8 Å². The predicted molar refractivity (Wildman–Crippen MR) is 91.7 cm³/mol. The number of benzene rings is 1. The van der Waals surface area contributed by atoms with Gasteiger partial charge in [-0.15, -0.1) is 0 Å². The Labute approximate surface area is 149 Å². The molecular formula is C20H16FN3O2. The number of halogens is 1. The Morgan fingerprint density at radius 1 is 1.19 bits per heavy atom. The molecule has 5 rings (SSSR count). The number of carbonyl (C=O) groups excluding carboxylic acids is 1. The number of oxazole rings is 1. The maximum Gasteiger partial charge on any atom is 0.254 e. The van der Waals surface area contributed by atoms with E-state index in [4.69, 9.17) is 4.42 Å². The largest absolute Gasteiger partial charge is 0.445 e. The van der Waals surface area contributed by atoms with Gasteiger partial charge in [-0.25, -0.2) is 9.37 Å². The minimum absolute atomic E-state index is 0.0473. The highest BCUT2D eigenvalue weighted by molar-refractivity contribution is 6.00. The summed E-state index contributed by atoms with van der Waals surface area (Å²) in [5.41, 5.74) is 3.46. The van der Waals surface area contributed by atoms with Gasteiger partial charge in [0.25, 0.3) is 5.91 Å². The number of rotatable bonds is 4. The molecule has 3 heterocycles. The molecule has 130 valence electrons. The molecule has 1 aliphatic carbocycles. The fraction of sp³-hybridized carbons (Fsp3) is 0.250. The summed E-state index contributed by atoms with van der Waals surface area (Å²) in [4.78, 5) is 23.0. The van der Waals surface area contributed by atoms with Gasteiger partial charge < -0.3 is 9.32 Å². The molecule has 0 N–H and O–H groups in total. The topological polar surface area (TPSA) is 59.2 Å². The van der Waals surface area contributed by atoms with Gasteiger partial charge >= 0.3 is 0 Å². The predicted octanol–water partition coefficient (Wildman–Crippen LogP) is 3.64. The van der Waals surface area contributed by atoms with E-state index in [1.807, 2.05) is 23.1 Å². The molecule has 0 bridgehead atoms. The summed E-state index contributed by atoms with van der Waals surface area (Å²) in [7, 11) is 0. The van der Waals surface area contributed by atoms with Gasteiger partial charge in [-0.1, -0.05) is 6.07 Å². The Hall–Kier alpha value is -3.02. The van der Waals surface area contributed by atoms with E-state index in [1.165, 1.54) is 18.5 Å². The molecule has 6 heteroatoms. The Balaban J connectivity index is 1.34. The van der Waals surface area contributed by atoms with Crippen molar-refractivity contribution in [1.82, 2.24) is 14.9 Å². The molecular weight excluding hydrogens is 333 g/mol. The Kier molecular flexibility index (Phi) is 3.38. The van der Waals surface area contributed by atoms with E-state index >= 15 is 0 Å². The van der Waals surface area contributed by atoms with Crippen LogP contribution in [0.15, 0.2) is 53.4 Å². The zero-order valence-corrected chi connectivity index (χ0v) is 13.9. The molecule has 0 radical (unpaired) electrons. The fourth-order valence-corrected chi connectivity index (χ4v) is 3.80. The molecule has 2 aromatic heterocycles. The van der Waals surface area contributed by atoms with E-state index in [2.05, 4.69) is 9.97 Å². The van der Waals surface area contributed by atoms with E-state index in [0.29, 0.717) is 30.8 Å². The van der Waals surface area contributed by atoms with Crippen molar-refractivity contribution in [3.63, 3.8) is 0 Å². The van der Waals surface area contributed by atoms with Crippen molar-refractivity contribution in [3.05, 3.63) is 71.6 Å². The lowest BCUT2D eigenvalue weighted by Gasteiger charge is -2.15. The van der Waals surface area contributed by atoms with Crippen LogP contribution in [0.4, 0.5) is 4.39 Å². The van der Waals surface area contributed by atoms with Crippen LogP contribution in [0.3, 0.4) is 0 Å². The summed E-state index contributed by atoms with van der Waals surface area (Å²) in [5, 5.41) is 0. The van der Waals surface area contributed by atoms with Crippen LogP contribution in [0, 0.1) is 11.7 Å². The second kappa shape index (κ2) is 5.76.